The van der Waals surface area contributed by atoms with Crippen LogP contribution in [0.25, 0.3) is 0 Å². The van der Waals surface area contributed by atoms with Gasteiger partial charge in [0.05, 0.1) is 12.0 Å². The van der Waals surface area contributed by atoms with Gasteiger partial charge in [-0.3, -0.25) is 9.59 Å². The quantitative estimate of drug-likeness (QED) is 0.904. The van der Waals surface area contributed by atoms with E-state index >= 15 is 0 Å². The van der Waals surface area contributed by atoms with E-state index < -0.39 is 11.7 Å². The van der Waals surface area contributed by atoms with E-state index in [9.17, 15) is 14.0 Å². The van der Waals surface area contributed by atoms with Gasteiger partial charge < -0.3 is 15.5 Å². The highest BCUT2D eigenvalue weighted by molar-refractivity contribution is 5.97. The Bertz CT molecular complexity index is 697. The van der Waals surface area contributed by atoms with Gasteiger partial charge in [0, 0.05) is 17.4 Å². The lowest BCUT2D eigenvalue weighted by molar-refractivity contribution is -0.117. The number of carbonyl (C=O) groups is 2. The first-order valence-corrected chi connectivity index (χ1v) is 6.50. The fourth-order valence-corrected chi connectivity index (χ4v) is 2.30. The second kappa shape index (κ2) is 5.05. The van der Waals surface area contributed by atoms with Crippen LogP contribution < -0.4 is 11.1 Å². The van der Waals surface area contributed by atoms with E-state index in [-0.39, 0.29) is 29.0 Å². The molecule has 6 heteroatoms. The zero-order chi connectivity index (χ0) is 15.0. The van der Waals surface area contributed by atoms with Crippen molar-refractivity contribution in [3.63, 3.8) is 0 Å². The van der Waals surface area contributed by atoms with E-state index in [0.29, 0.717) is 6.42 Å². The highest BCUT2D eigenvalue weighted by Gasteiger charge is 2.45. The second-order valence-corrected chi connectivity index (χ2v) is 5.01. The van der Waals surface area contributed by atoms with Crippen molar-refractivity contribution in [2.75, 3.05) is 5.32 Å². The van der Waals surface area contributed by atoms with Crippen LogP contribution in [0.5, 0.6) is 0 Å². The van der Waals surface area contributed by atoms with Crippen molar-refractivity contribution in [1.82, 2.24) is 0 Å². The van der Waals surface area contributed by atoms with Gasteiger partial charge in [-0.15, -0.1) is 0 Å². The molecule has 0 saturated heterocycles. The number of hydrogen-bond donors (Lipinski definition) is 2. The Balaban J connectivity index is 1.67. The molecular weight excluding hydrogens is 275 g/mol. The summed E-state index contributed by atoms with van der Waals surface area (Å²) in [5, 5.41) is 2.52. The predicted molar refractivity (Wildman–Crippen MR) is 73.1 cm³/mol. The Hall–Kier alpha value is -2.63. The van der Waals surface area contributed by atoms with E-state index in [1.165, 1.54) is 12.1 Å². The Labute approximate surface area is 119 Å². The first-order chi connectivity index (χ1) is 10.1. The molecule has 1 aromatic heterocycles. The molecule has 1 heterocycles. The SMILES string of the molecule is NC(=O)c1ccc(NC(=O)[C@@H]2C[C@@H]2c2ccco2)c(F)c1. The molecule has 0 aliphatic heterocycles. The smallest absolute Gasteiger partial charge is 0.248 e. The lowest BCUT2D eigenvalue weighted by Crippen LogP contribution is -2.16. The lowest BCUT2D eigenvalue weighted by atomic mass is 10.2. The molecule has 2 aromatic rings. The molecule has 1 aliphatic rings. The minimum absolute atomic E-state index is 0.0371. The van der Waals surface area contributed by atoms with Gasteiger partial charge in [0.2, 0.25) is 11.8 Å². The van der Waals surface area contributed by atoms with Crippen LogP contribution in [0, 0.1) is 11.7 Å². The maximum Gasteiger partial charge on any atom is 0.248 e. The molecule has 0 radical (unpaired) electrons. The van der Waals surface area contributed by atoms with Crippen LogP contribution in [0.3, 0.4) is 0 Å². The maximum atomic E-state index is 13.8. The molecule has 5 nitrogen and oxygen atoms in total. The molecule has 1 saturated carbocycles. The number of furan rings is 1. The van der Waals surface area contributed by atoms with Crippen molar-refractivity contribution in [3.05, 3.63) is 53.7 Å². The average molecular weight is 288 g/mol. The van der Waals surface area contributed by atoms with E-state index in [1.807, 2.05) is 6.07 Å². The molecule has 3 rings (SSSR count). The number of primary amides is 1. The first-order valence-electron chi connectivity index (χ1n) is 6.50. The highest BCUT2D eigenvalue weighted by atomic mass is 19.1. The Morgan fingerprint density at radius 3 is 2.76 bits per heavy atom. The summed E-state index contributed by atoms with van der Waals surface area (Å²) in [5.41, 5.74) is 5.16. The van der Waals surface area contributed by atoms with Crippen molar-refractivity contribution in [3.8, 4) is 0 Å². The summed E-state index contributed by atoms with van der Waals surface area (Å²) in [6, 6.07) is 7.30. The third-order valence-electron chi connectivity index (χ3n) is 3.55. The summed E-state index contributed by atoms with van der Waals surface area (Å²) >= 11 is 0. The van der Waals surface area contributed by atoms with Crippen LogP contribution >= 0.6 is 0 Å². The van der Waals surface area contributed by atoms with E-state index in [4.69, 9.17) is 10.2 Å². The number of nitrogens with one attached hydrogen (secondary N) is 1. The van der Waals surface area contributed by atoms with Gasteiger partial charge in [-0.05, 0) is 36.8 Å². The minimum atomic E-state index is -0.716. The molecule has 2 amide bonds. The van der Waals surface area contributed by atoms with Crippen LogP contribution in [0.15, 0.2) is 41.0 Å². The fourth-order valence-electron chi connectivity index (χ4n) is 2.30. The topological polar surface area (TPSA) is 85.3 Å². The molecular formula is C15H13FN2O3. The molecule has 108 valence electrons. The van der Waals surface area contributed by atoms with Gasteiger partial charge in [-0.25, -0.2) is 4.39 Å². The fraction of sp³-hybridized carbons (Fsp3) is 0.200. The molecule has 1 aliphatic carbocycles. The Morgan fingerprint density at radius 1 is 1.33 bits per heavy atom. The third kappa shape index (κ3) is 2.65. The second-order valence-electron chi connectivity index (χ2n) is 5.01. The summed E-state index contributed by atoms with van der Waals surface area (Å²) in [6.07, 6.45) is 2.24. The van der Waals surface area contributed by atoms with Gasteiger partial charge in [-0.2, -0.15) is 0 Å². The van der Waals surface area contributed by atoms with Crippen LogP contribution in [-0.2, 0) is 4.79 Å². The lowest BCUT2D eigenvalue weighted by Gasteiger charge is -2.07. The summed E-state index contributed by atoms with van der Waals surface area (Å²) < 4.78 is 19.0. The van der Waals surface area contributed by atoms with Gasteiger partial charge in [-0.1, -0.05) is 0 Å². The number of carbonyl (C=O) groups excluding carboxylic acids is 2. The monoisotopic (exact) mass is 288 g/mol. The number of hydrogen-bond acceptors (Lipinski definition) is 3. The van der Waals surface area contributed by atoms with Crippen molar-refractivity contribution >= 4 is 17.5 Å². The number of rotatable bonds is 4. The molecule has 0 spiro atoms. The zero-order valence-corrected chi connectivity index (χ0v) is 11.0. The molecule has 0 bridgehead atoms. The van der Waals surface area contributed by atoms with E-state index in [2.05, 4.69) is 5.32 Å². The van der Waals surface area contributed by atoms with Gasteiger partial charge >= 0.3 is 0 Å². The molecule has 1 fully saturated rings. The minimum Gasteiger partial charge on any atom is -0.469 e. The van der Waals surface area contributed by atoms with Crippen LogP contribution in [0.4, 0.5) is 10.1 Å². The number of benzene rings is 1. The highest BCUT2D eigenvalue weighted by Crippen LogP contribution is 2.48. The van der Waals surface area contributed by atoms with E-state index in [0.717, 1.165) is 11.8 Å². The number of nitrogens with two attached hydrogens (primary N) is 1. The summed E-state index contributed by atoms with van der Waals surface area (Å²) in [4.78, 5) is 23.0. The Kier molecular flexibility index (Phi) is 3.21. The predicted octanol–water partition coefficient (Wildman–Crippen LogP) is 2.26. The molecule has 3 N–H and O–H groups in total. The number of amides is 2. The third-order valence-corrected chi connectivity index (χ3v) is 3.55. The van der Waals surface area contributed by atoms with Crippen molar-refractivity contribution in [2.24, 2.45) is 11.7 Å². The first kappa shape index (κ1) is 13.4. The maximum absolute atomic E-state index is 13.8. The van der Waals surface area contributed by atoms with Crippen LogP contribution in [0.1, 0.15) is 28.5 Å². The molecule has 21 heavy (non-hydrogen) atoms. The van der Waals surface area contributed by atoms with Gasteiger partial charge in [0.15, 0.2) is 0 Å². The number of halogens is 1. The number of anilines is 1. The molecule has 2 atom stereocenters. The van der Waals surface area contributed by atoms with Crippen molar-refractivity contribution in [1.29, 1.82) is 0 Å². The Morgan fingerprint density at radius 2 is 2.14 bits per heavy atom. The summed E-state index contributed by atoms with van der Waals surface area (Å²) in [7, 11) is 0. The van der Waals surface area contributed by atoms with Gasteiger partial charge in [0.25, 0.3) is 0 Å². The molecule has 1 aromatic carbocycles. The average Bonchev–Trinajstić information content (AvgIpc) is 3.07. The van der Waals surface area contributed by atoms with Crippen LogP contribution in [-0.4, -0.2) is 11.8 Å². The van der Waals surface area contributed by atoms with Crippen molar-refractivity contribution in [2.45, 2.75) is 12.3 Å². The van der Waals surface area contributed by atoms with Gasteiger partial charge in [0.1, 0.15) is 11.6 Å². The largest absolute Gasteiger partial charge is 0.469 e. The molecule has 0 unspecified atom stereocenters. The van der Waals surface area contributed by atoms with Crippen molar-refractivity contribution < 1.29 is 18.4 Å². The standard InChI is InChI=1S/C15H13FN2O3/c16-11-6-8(14(17)19)3-4-12(11)18-15(20)10-7-9(10)13-2-1-5-21-13/h1-6,9-10H,7H2,(H2,17,19)(H,18,20)/t9-,10+/m0/s1. The summed E-state index contributed by atoms with van der Waals surface area (Å²) in [5.74, 6) is -1.07. The van der Waals surface area contributed by atoms with Crippen LogP contribution in [0.2, 0.25) is 0 Å². The normalized spacial score (nSPS) is 20.0. The summed E-state index contributed by atoms with van der Waals surface area (Å²) in [6.45, 7) is 0. The van der Waals surface area contributed by atoms with E-state index in [1.54, 1.807) is 12.3 Å². The zero-order valence-electron chi connectivity index (χ0n) is 11.0.